The molecule has 2 aromatic carbocycles. The Morgan fingerprint density at radius 1 is 0.958 bits per heavy atom. The summed E-state index contributed by atoms with van der Waals surface area (Å²) >= 11 is 0. The van der Waals surface area contributed by atoms with Crippen LogP contribution in [0, 0.1) is 6.92 Å². The summed E-state index contributed by atoms with van der Waals surface area (Å²) in [5, 5.41) is 0.639. The van der Waals surface area contributed by atoms with Gasteiger partial charge in [-0.3, -0.25) is 9.78 Å². The molecule has 0 bridgehead atoms. The number of anilines is 2. The van der Waals surface area contributed by atoms with Gasteiger partial charge in [-0.2, -0.15) is 0 Å². The largest absolute Gasteiger partial charge is 0.368 e. The summed E-state index contributed by atoms with van der Waals surface area (Å²) in [6.07, 6.45) is 0. The fraction of sp³-hybridized carbons (Fsp3) is 0.263. The molecule has 4 rings (SSSR count). The van der Waals surface area contributed by atoms with Gasteiger partial charge in [0.1, 0.15) is 0 Å². The molecule has 1 N–H and O–H groups in total. The van der Waals surface area contributed by atoms with Crippen molar-refractivity contribution in [2.24, 2.45) is 0 Å². The van der Waals surface area contributed by atoms with Crippen LogP contribution in [-0.2, 0) is 0 Å². The van der Waals surface area contributed by atoms with Crippen LogP contribution in [0.1, 0.15) is 5.56 Å². The number of piperazine rings is 1. The van der Waals surface area contributed by atoms with Crippen molar-refractivity contribution in [1.82, 2.24) is 9.97 Å². The maximum absolute atomic E-state index is 12.2. The van der Waals surface area contributed by atoms with Crippen molar-refractivity contribution in [3.63, 3.8) is 0 Å². The number of aromatic nitrogens is 2. The lowest BCUT2D eigenvalue weighted by Gasteiger charge is -2.36. The van der Waals surface area contributed by atoms with E-state index in [1.165, 1.54) is 11.3 Å². The third-order valence-electron chi connectivity index (χ3n) is 4.55. The number of nitrogens with one attached hydrogen (secondary N) is 1. The van der Waals surface area contributed by atoms with Gasteiger partial charge in [-0.1, -0.05) is 24.3 Å². The molecule has 0 radical (unpaired) electrons. The molecule has 1 saturated heterocycles. The van der Waals surface area contributed by atoms with E-state index < -0.39 is 0 Å². The van der Waals surface area contributed by atoms with Crippen LogP contribution in [0.25, 0.3) is 10.9 Å². The summed E-state index contributed by atoms with van der Waals surface area (Å²) in [5.41, 5.74) is 3.21. The zero-order valence-corrected chi connectivity index (χ0v) is 13.7. The summed E-state index contributed by atoms with van der Waals surface area (Å²) in [5.74, 6) is 0.669. The van der Waals surface area contributed by atoms with E-state index in [1.807, 2.05) is 18.2 Å². The van der Waals surface area contributed by atoms with Crippen LogP contribution < -0.4 is 15.4 Å². The third-order valence-corrected chi connectivity index (χ3v) is 4.55. The molecule has 3 aromatic rings. The summed E-state index contributed by atoms with van der Waals surface area (Å²) in [6, 6.07) is 16.0. The van der Waals surface area contributed by atoms with Crippen LogP contribution in [0.5, 0.6) is 0 Å². The smallest absolute Gasteiger partial charge is 0.260 e. The van der Waals surface area contributed by atoms with Gasteiger partial charge in [-0.25, -0.2) is 4.98 Å². The molecule has 24 heavy (non-hydrogen) atoms. The molecule has 0 aliphatic carbocycles. The van der Waals surface area contributed by atoms with Crippen LogP contribution in [-0.4, -0.2) is 36.1 Å². The molecule has 1 aliphatic heterocycles. The number of rotatable bonds is 2. The number of H-pyrrole nitrogens is 1. The van der Waals surface area contributed by atoms with Crippen LogP contribution in [0.15, 0.2) is 53.3 Å². The van der Waals surface area contributed by atoms with Crippen LogP contribution >= 0.6 is 0 Å². The molecule has 5 heteroatoms. The molecule has 5 nitrogen and oxygen atoms in total. The van der Waals surface area contributed by atoms with Gasteiger partial charge in [0.2, 0.25) is 5.95 Å². The van der Waals surface area contributed by atoms with Crippen LogP contribution in [0.4, 0.5) is 11.6 Å². The van der Waals surface area contributed by atoms with Gasteiger partial charge in [0.05, 0.1) is 10.9 Å². The molecule has 122 valence electrons. The highest BCUT2D eigenvalue weighted by Crippen LogP contribution is 2.19. The van der Waals surface area contributed by atoms with Crippen LogP contribution in [0.3, 0.4) is 0 Å². The Kier molecular flexibility index (Phi) is 3.69. The molecular weight excluding hydrogens is 300 g/mol. The zero-order valence-electron chi connectivity index (χ0n) is 13.7. The average molecular weight is 320 g/mol. The van der Waals surface area contributed by atoms with Gasteiger partial charge >= 0.3 is 0 Å². The number of para-hydroxylation sites is 1. The summed E-state index contributed by atoms with van der Waals surface area (Å²) in [6.45, 7) is 5.63. The highest BCUT2D eigenvalue weighted by atomic mass is 16.1. The summed E-state index contributed by atoms with van der Waals surface area (Å²) in [7, 11) is 0. The van der Waals surface area contributed by atoms with E-state index in [-0.39, 0.29) is 5.56 Å². The van der Waals surface area contributed by atoms with Crippen molar-refractivity contribution in [2.75, 3.05) is 36.0 Å². The van der Waals surface area contributed by atoms with Gasteiger partial charge in [0, 0.05) is 31.9 Å². The second-order valence-electron chi connectivity index (χ2n) is 6.22. The van der Waals surface area contributed by atoms with Crippen molar-refractivity contribution in [3.05, 3.63) is 64.4 Å². The topological polar surface area (TPSA) is 52.2 Å². The molecule has 1 fully saturated rings. The van der Waals surface area contributed by atoms with Crippen molar-refractivity contribution < 1.29 is 0 Å². The quantitative estimate of drug-likeness (QED) is 0.788. The lowest BCUT2D eigenvalue weighted by molar-refractivity contribution is 0.640. The van der Waals surface area contributed by atoms with Gasteiger partial charge in [-0.15, -0.1) is 0 Å². The number of nitrogens with zero attached hydrogens (tertiary/aromatic N) is 3. The van der Waals surface area contributed by atoms with E-state index in [2.05, 4.69) is 51.0 Å². The highest BCUT2D eigenvalue weighted by molar-refractivity contribution is 5.78. The predicted molar refractivity (Wildman–Crippen MR) is 98.0 cm³/mol. The number of hydrogen-bond donors (Lipinski definition) is 1. The van der Waals surface area contributed by atoms with Gasteiger partial charge in [0.25, 0.3) is 5.56 Å². The minimum Gasteiger partial charge on any atom is -0.368 e. The molecule has 0 atom stereocenters. The van der Waals surface area contributed by atoms with Crippen molar-refractivity contribution in [2.45, 2.75) is 6.92 Å². The second kappa shape index (κ2) is 6.00. The van der Waals surface area contributed by atoms with Crippen LogP contribution in [0.2, 0.25) is 0 Å². The zero-order chi connectivity index (χ0) is 16.5. The Morgan fingerprint density at radius 2 is 1.71 bits per heavy atom. The predicted octanol–water partition coefficient (Wildman–Crippen LogP) is 2.56. The Labute approximate surface area is 140 Å². The molecule has 0 spiro atoms. The monoisotopic (exact) mass is 320 g/mol. The molecule has 1 aromatic heterocycles. The maximum atomic E-state index is 12.2. The minimum atomic E-state index is -0.0725. The fourth-order valence-electron chi connectivity index (χ4n) is 3.22. The van der Waals surface area contributed by atoms with Gasteiger partial charge in [0.15, 0.2) is 0 Å². The molecular formula is C19H20N4O. The summed E-state index contributed by atoms with van der Waals surface area (Å²) in [4.78, 5) is 24.3. The van der Waals surface area contributed by atoms with E-state index in [0.29, 0.717) is 11.3 Å². The lowest BCUT2D eigenvalue weighted by atomic mass is 10.2. The maximum Gasteiger partial charge on any atom is 0.260 e. The third kappa shape index (κ3) is 2.73. The normalized spacial score (nSPS) is 15.0. The Bertz CT molecular complexity index is 926. The van der Waals surface area contributed by atoms with E-state index in [0.717, 1.165) is 31.7 Å². The first-order valence-electron chi connectivity index (χ1n) is 8.26. The molecule has 0 amide bonds. The molecule has 0 saturated carbocycles. The first-order chi connectivity index (χ1) is 11.7. The summed E-state index contributed by atoms with van der Waals surface area (Å²) < 4.78 is 0. The number of aryl methyl sites for hydroxylation is 1. The first kappa shape index (κ1) is 14.8. The number of hydrogen-bond acceptors (Lipinski definition) is 4. The minimum absolute atomic E-state index is 0.0725. The van der Waals surface area contributed by atoms with Crippen molar-refractivity contribution in [1.29, 1.82) is 0 Å². The average Bonchev–Trinajstić information content (AvgIpc) is 2.62. The van der Waals surface area contributed by atoms with E-state index >= 15 is 0 Å². The lowest BCUT2D eigenvalue weighted by Crippen LogP contribution is -2.47. The Morgan fingerprint density at radius 3 is 2.50 bits per heavy atom. The number of benzene rings is 2. The van der Waals surface area contributed by atoms with E-state index in [4.69, 9.17) is 0 Å². The number of fused-ring (bicyclic) bond motifs is 1. The first-order valence-corrected chi connectivity index (χ1v) is 8.26. The Hall–Kier alpha value is -2.82. The van der Waals surface area contributed by atoms with Crippen molar-refractivity contribution in [3.8, 4) is 0 Å². The number of aromatic amines is 1. The fourth-order valence-corrected chi connectivity index (χ4v) is 3.22. The SMILES string of the molecule is Cc1cccc(N2CCN(c3nc4ccccc4c(=O)[nH]3)CC2)c1. The highest BCUT2D eigenvalue weighted by Gasteiger charge is 2.19. The van der Waals surface area contributed by atoms with Crippen molar-refractivity contribution >= 4 is 22.5 Å². The van der Waals surface area contributed by atoms with E-state index in [9.17, 15) is 4.79 Å². The standard InChI is InChI=1S/C19H20N4O/c1-14-5-4-6-15(13-14)22-9-11-23(12-10-22)19-20-17-8-3-2-7-16(17)18(24)21-19/h2-8,13H,9-12H2,1H3,(H,20,21,24). The van der Waals surface area contributed by atoms with E-state index in [1.54, 1.807) is 6.07 Å². The van der Waals surface area contributed by atoms with Gasteiger partial charge < -0.3 is 9.80 Å². The molecule has 1 aliphatic rings. The van der Waals surface area contributed by atoms with Gasteiger partial charge in [-0.05, 0) is 36.8 Å². The molecule has 0 unspecified atom stereocenters. The second-order valence-corrected chi connectivity index (χ2v) is 6.22. The Balaban J connectivity index is 1.55. The molecule has 2 heterocycles.